The Balaban J connectivity index is 2.43. The largest absolute Gasteiger partial charge is 0.356 e. The van der Waals surface area contributed by atoms with Crippen LogP contribution in [0.1, 0.15) is 37.4 Å². The van der Waals surface area contributed by atoms with Crippen LogP contribution in [0.15, 0.2) is 18.2 Å². The lowest BCUT2D eigenvalue weighted by molar-refractivity contribution is -0.120. The van der Waals surface area contributed by atoms with Crippen molar-refractivity contribution in [2.45, 2.75) is 33.2 Å². The number of amides is 1. The zero-order chi connectivity index (χ0) is 13.5. The number of rotatable bonds is 6. The first-order chi connectivity index (χ1) is 8.54. The van der Waals surface area contributed by atoms with Crippen LogP contribution in [-0.2, 0) is 4.79 Å². The third-order valence-corrected chi connectivity index (χ3v) is 2.87. The second kappa shape index (κ2) is 7.11. The van der Waals surface area contributed by atoms with Gasteiger partial charge in [-0.3, -0.25) is 4.79 Å². The molecule has 0 aliphatic heterocycles. The normalized spacial score (nSPS) is 12.2. The first-order valence-corrected chi connectivity index (χ1v) is 6.30. The van der Waals surface area contributed by atoms with Crippen molar-refractivity contribution in [1.29, 1.82) is 0 Å². The molecule has 0 aromatic heterocycles. The molecule has 0 heterocycles. The molecule has 1 aromatic carbocycles. The van der Waals surface area contributed by atoms with Crippen molar-refractivity contribution in [3.63, 3.8) is 0 Å². The molecule has 2 N–H and O–H groups in total. The van der Waals surface area contributed by atoms with Crippen LogP contribution < -0.4 is 10.6 Å². The highest BCUT2D eigenvalue weighted by Crippen LogP contribution is 2.16. The van der Waals surface area contributed by atoms with E-state index in [-0.39, 0.29) is 17.8 Å². The second-order valence-corrected chi connectivity index (χ2v) is 4.39. The summed E-state index contributed by atoms with van der Waals surface area (Å²) in [6.45, 7) is 6.83. The Labute approximate surface area is 108 Å². The molecule has 0 bridgehead atoms. The molecule has 0 fully saturated rings. The number of halogens is 1. The van der Waals surface area contributed by atoms with Gasteiger partial charge in [-0.15, -0.1) is 0 Å². The van der Waals surface area contributed by atoms with Crippen molar-refractivity contribution in [3.8, 4) is 0 Å². The lowest BCUT2D eigenvalue weighted by Gasteiger charge is -2.14. The fourth-order valence-corrected chi connectivity index (χ4v) is 1.68. The highest BCUT2D eigenvalue weighted by molar-refractivity contribution is 5.75. The van der Waals surface area contributed by atoms with Crippen LogP contribution in [-0.4, -0.2) is 19.0 Å². The van der Waals surface area contributed by atoms with Crippen LogP contribution in [0.2, 0.25) is 0 Å². The molecular formula is C14H21FN2O. The van der Waals surface area contributed by atoms with E-state index in [1.54, 1.807) is 19.1 Å². The maximum absolute atomic E-state index is 13.4. The zero-order valence-electron chi connectivity index (χ0n) is 11.2. The molecule has 0 radical (unpaired) electrons. The number of carbonyl (C=O) groups excluding carboxylic acids is 1. The van der Waals surface area contributed by atoms with E-state index < -0.39 is 0 Å². The summed E-state index contributed by atoms with van der Waals surface area (Å²) in [5.41, 5.74) is 1.54. The number of carbonyl (C=O) groups is 1. The highest BCUT2D eigenvalue weighted by Gasteiger charge is 2.08. The molecule has 1 unspecified atom stereocenters. The topological polar surface area (TPSA) is 41.1 Å². The van der Waals surface area contributed by atoms with E-state index in [2.05, 4.69) is 10.6 Å². The molecule has 18 heavy (non-hydrogen) atoms. The summed E-state index contributed by atoms with van der Waals surface area (Å²) in [6, 6.07) is 5.25. The fourth-order valence-electron chi connectivity index (χ4n) is 1.68. The average Bonchev–Trinajstić information content (AvgIpc) is 2.33. The van der Waals surface area contributed by atoms with Gasteiger partial charge in [-0.2, -0.15) is 0 Å². The van der Waals surface area contributed by atoms with Gasteiger partial charge in [-0.05, 0) is 38.0 Å². The second-order valence-electron chi connectivity index (χ2n) is 4.39. The minimum Gasteiger partial charge on any atom is -0.356 e. The first-order valence-electron chi connectivity index (χ1n) is 6.30. The molecule has 4 heteroatoms. The molecule has 1 aromatic rings. The van der Waals surface area contributed by atoms with Crippen LogP contribution >= 0.6 is 0 Å². The van der Waals surface area contributed by atoms with Crippen LogP contribution in [0.25, 0.3) is 0 Å². The maximum Gasteiger partial charge on any atom is 0.221 e. The predicted molar refractivity (Wildman–Crippen MR) is 70.9 cm³/mol. The standard InChI is InChI=1S/C14H21FN2O/c1-4-16-14(18)7-8-17-11(3)12-6-5-10(2)13(15)9-12/h5-6,9,11,17H,4,7-8H2,1-3H3,(H,16,18). The Morgan fingerprint density at radius 2 is 2.17 bits per heavy atom. The van der Waals surface area contributed by atoms with E-state index in [9.17, 15) is 9.18 Å². The molecule has 1 atom stereocenters. The summed E-state index contributed by atoms with van der Waals surface area (Å²) in [7, 11) is 0. The maximum atomic E-state index is 13.4. The van der Waals surface area contributed by atoms with E-state index >= 15 is 0 Å². The first kappa shape index (κ1) is 14.6. The van der Waals surface area contributed by atoms with Crippen molar-refractivity contribution < 1.29 is 9.18 Å². The molecule has 0 spiro atoms. The summed E-state index contributed by atoms with van der Waals surface area (Å²) in [4.78, 5) is 11.2. The molecule has 1 rings (SSSR count). The minimum atomic E-state index is -0.190. The van der Waals surface area contributed by atoms with Gasteiger partial charge < -0.3 is 10.6 Å². The third-order valence-electron chi connectivity index (χ3n) is 2.87. The van der Waals surface area contributed by atoms with Gasteiger partial charge in [0.1, 0.15) is 5.82 Å². The summed E-state index contributed by atoms with van der Waals surface area (Å²) in [5, 5.41) is 5.94. The van der Waals surface area contributed by atoms with Gasteiger partial charge in [-0.25, -0.2) is 4.39 Å². The van der Waals surface area contributed by atoms with Gasteiger partial charge in [0.05, 0.1) is 0 Å². The average molecular weight is 252 g/mol. The molecular weight excluding hydrogens is 231 g/mol. The summed E-state index contributed by atoms with van der Waals surface area (Å²) in [6.07, 6.45) is 0.437. The molecule has 100 valence electrons. The molecule has 0 aliphatic rings. The van der Waals surface area contributed by atoms with Crippen molar-refractivity contribution in [3.05, 3.63) is 35.1 Å². The van der Waals surface area contributed by atoms with Crippen LogP contribution in [0.5, 0.6) is 0 Å². The summed E-state index contributed by atoms with van der Waals surface area (Å²) in [5.74, 6) is -0.155. The summed E-state index contributed by atoms with van der Waals surface area (Å²) >= 11 is 0. The molecule has 1 amide bonds. The lowest BCUT2D eigenvalue weighted by atomic mass is 10.1. The Morgan fingerprint density at radius 1 is 1.44 bits per heavy atom. The monoisotopic (exact) mass is 252 g/mol. The zero-order valence-corrected chi connectivity index (χ0v) is 11.2. The Hall–Kier alpha value is -1.42. The van der Waals surface area contributed by atoms with Gasteiger partial charge in [0.15, 0.2) is 0 Å². The van der Waals surface area contributed by atoms with Gasteiger partial charge in [0, 0.05) is 25.6 Å². The third kappa shape index (κ3) is 4.45. The van der Waals surface area contributed by atoms with Gasteiger partial charge in [0.2, 0.25) is 5.91 Å². The SMILES string of the molecule is CCNC(=O)CCNC(C)c1ccc(C)c(F)c1. The van der Waals surface area contributed by atoms with Crippen molar-refractivity contribution in [2.75, 3.05) is 13.1 Å². The van der Waals surface area contributed by atoms with Crippen LogP contribution in [0, 0.1) is 12.7 Å². The van der Waals surface area contributed by atoms with E-state index in [0.29, 0.717) is 25.1 Å². The Bertz CT molecular complexity index is 407. The quantitative estimate of drug-likeness (QED) is 0.815. The number of nitrogens with one attached hydrogen (secondary N) is 2. The Morgan fingerprint density at radius 3 is 2.78 bits per heavy atom. The molecule has 0 saturated carbocycles. The van der Waals surface area contributed by atoms with E-state index in [4.69, 9.17) is 0 Å². The van der Waals surface area contributed by atoms with Crippen molar-refractivity contribution in [2.24, 2.45) is 0 Å². The van der Waals surface area contributed by atoms with Gasteiger partial charge in [-0.1, -0.05) is 12.1 Å². The molecule has 3 nitrogen and oxygen atoms in total. The molecule has 0 aliphatic carbocycles. The van der Waals surface area contributed by atoms with Gasteiger partial charge in [0.25, 0.3) is 0 Å². The van der Waals surface area contributed by atoms with Crippen molar-refractivity contribution >= 4 is 5.91 Å². The molecule has 0 saturated heterocycles. The number of benzene rings is 1. The number of hydrogen-bond acceptors (Lipinski definition) is 2. The lowest BCUT2D eigenvalue weighted by Crippen LogP contribution is -2.28. The number of aryl methyl sites for hydroxylation is 1. The van der Waals surface area contributed by atoms with Crippen LogP contribution in [0.3, 0.4) is 0 Å². The highest BCUT2D eigenvalue weighted by atomic mass is 19.1. The van der Waals surface area contributed by atoms with Crippen LogP contribution in [0.4, 0.5) is 4.39 Å². The smallest absolute Gasteiger partial charge is 0.221 e. The van der Waals surface area contributed by atoms with Crippen molar-refractivity contribution in [1.82, 2.24) is 10.6 Å². The fraction of sp³-hybridized carbons (Fsp3) is 0.500. The van der Waals surface area contributed by atoms with E-state index in [0.717, 1.165) is 5.56 Å². The Kier molecular flexibility index (Phi) is 5.78. The minimum absolute atomic E-state index is 0.0345. The summed E-state index contributed by atoms with van der Waals surface area (Å²) < 4.78 is 13.4. The van der Waals surface area contributed by atoms with E-state index in [1.807, 2.05) is 19.9 Å². The van der Waals surface area contributed by atoms with Gasteiger partial charge >= 0.3 is 0 Å². The number of hydrogen-bond donors (Lipinski definition) is 2. The van der Waals surface area contributed by atoms with E-state index in [1.165, 1.54) is 0 Å². The predicted octanol–water partition coefficient (Wildman–Crippen LogP) is 2.31.